The highest BCUT2D eigenvalue weighted by atomic mass is 16.7. The van der Waals surface area contributed by atoms with Gasteiger partial charge in [-0.25, -0.2) is 0 Å². The second-order valence-electron chi connectivity index (χ2n) is 3.50. The fourth-order valence-corrected chi connectivity index (χ4v) is 1.57. The molecule has 0 bridgehead atoms. The molecule has 17 heavy (non-hydrogen) atoms. The highest BCUT2D eigenvalue weighted by Gasteiger charge is 2.12. The van der Waals surface area contributed by atoms with E-state index in [-0.39, 0.29) is 6.47 Å². The molecule has 2 rings (SSSR count). The van der Waals surface area contributed by atoms with Gasteiger partial charge in [-0.3, -0.25) is 4.79 Å². The molecule has 0 radical (unpaired) electrons. The Morgan fingerprint density at radius 2 is 2.12 bits per heavy atom. The molecule has 5 heteroatoms. The zero-order valence-electron chi connectivity index (χ0n) is 9.81. The molecule has 0 aromatic heterocycles. The monoisotopic (exact) mass is 239 g/mol. The van der Waals surface area contributed by atoms with E-state index >= 15 is 0 Å². The zero-order valence-corrected chi connectivity index (χ0v) is 9.81. The second-order valence-corrected chi connectivity index (χ2v) is 3.50. The molecule has 0 saturated heterocycles. The molecule has 0 unspecified atom stereocenters. The van der Waals surface area contributed by atoms with Gasteiger partial charge in [-0.15, -0.1) is 0 Å². The minimum Gasteiger partial charge on any atom is -0.483 e. The van der Waals surface area contributed by atoms with Crippen molar-refractivity contribution in [3.05, 3.63) is 23.8 Å². The van der Waals surface area contributed by atoms with Crippen LogP contribution in [0.2, 0.25) is 0 Å². The number of rotatable bonds is 4. The van der Waals surface area contributed by atoms with Gasteiger partial charge in [0.1, 0.15) is 0 Å². The Bertz CT molecular complexity index is 354. The lowest BCUT2D eigenvalue weighted by Gasteiger charge is -2.02. The minimum atomic E-state index is -0.250. The standard InChI is InChI=1S/C11H15NO2.CH2O2/c1-12-6-2-3-9-4-5-10-11(7-9)14-8-13-10;2-1-3/h4-5,7,12H,2-3,6,8H2,1H3;1H,(H,2,3). The van der Waals surface area contributed by atoms with Crippen LogP contribution < -0.4 is 14.8 Å². The number of benzene rings is 1. The van der Waals surface area contributed by atoms with Gasteiger partial charge in [0.05, 0.1) is 0 Å². The smallest absolute Gasteiger partial charge is 0.290 e. The topological polar surface area (TPSA) is 67.8 Å². The van der Waals surface area contributed by atoms with Crippen LogP contribution in [0.25, 0.3) is 0 Å². The first-order valence-corrected chi connectivity index (χ1v) is 5.42. The molecule has 1 aromatic carbocycles. The van der Waals surface area contributed by atoms with E-state index < -0.39 is 0 Å². The summed E-state index contributed by atoms with van der Waals surface area (Å²) in [4.78, 5) is 8.36. The molecule has 2 N–H and O–H groups in total. The van der Waals surface area contributed by atoms with E-state index in [1.807, 2.05) is 13.1 Å². The Kier molecular flexibility index (Phi) is 5.88. The summed E-state index contributed by atoms with van der Waals surface area (Å²) in [6.07, 6.45) is 2.23. The average Bonchev–Trinajstić information content (AvgIpc) is 2.78. The summed E-state index contributed by atoms with van der Waals surface area (Å²) >= 11 is 0. The molecule has 5 nitrogen and oxygen atoms in total. The van der Waals surface area contributed by atoms with Crippen LogP contribution in [0.1, 0.15) is 12.0 Å². The van der Waals surface area contributed by atoms with Crippen molar-refractivity contribution in [3.63, 3.8) is 0 Å². The third-order valence-electron chi connectivity index (χ3n) is 2.33. The highest BCUT2D eigenvalue weighted by molar-refractivity contribution is 5.44. The van der Waals surface area contributed by atoms with Crippen molar-refractivity contribution in [2.24, 2.45) is 0 Å². The van der Waals surface area contributed by atoms with E-state index in [4.69, 9.17) is 19.4 Å². The normalized spacial score (nSPS) is 11.6. The highest BCUT2D eigenvalue weighted by Crippen LogP contribution is 2.32. The molecule has 1 heterocycles. The minimum absolute atomic E-state index is 0.250. The number of hydrogen-bond donors (Lipinski definition) is 2. The average molecular weight is 239 g/mol. The number of ether oxygens (including phenoxy) is 2. The predicted molar refractivity (Wildman–Crippen MR) is 63.5 cm³/mol. The van der Waals surface area contributed by atoms with Crippen LogP contribution in [0.15, 0.2) is 18.2 Å². The number of carbonyl (C=O) groups is 1. The van der Waals surface area contributed by atoms with Crippen LogP contribution in [-0.4, -0.2) is 32.0 Å². The van der Waals surface area contributed by atoms with E-state index in [0.29, 0.717) is 6.79 Å². The van der Waals surface area contributed by atoms with Gasteiger partial charge in [-0.1, -0.05) is 6.07 Å². The van der Waals surface area contributed by atoms with Crippen LogP contribution in [0.5, 0.6) is 11.5 Å². The first-order chi connectivity index (χ1) is 8.31. The lowest BCUT2D eigenvalue weighted by Crippen LogP contribution is -2.08. The summed E-state index contributed by atoms with van der Waals surface area (Å²) in [5, 5.41) is 10.0. The largest absolute Gasteiger partial charge is 0.483 e. The molecule has 0 fully saturated rings. The number of fused-ring (bicyclic) bond motifs is 1. The van der Waals surface area contributed by atoms with Gasteiger partial charge in [-0.05, 0) is 44.1 Å². The maximum absolute atomic E-state index is 8.36. The van der Waals surface area contributed by atoms with E-state index in [1.54, 1.807) is 0 Å². The van der Waals surface area contributed by atoms with E-state index in [9.17, 15) is 0 Å². The van der Waals surface area contributed by atoms with Crippen molar-refractivity contribution in [2.75, 3.05) is 20.4 Å². The molecule has 94 valence electrons. The molecule has 0 saturated carbocycles. The molecule has 1 aromatic rings. The summed E-state index contributed by atoms with van der Waals surface area (Å²) in [5.74, 6) is 1.74. The third-order valence-corrected chi connectivity index (χ3v) is 2.33. The number of aryl methyl sites for hydroxylation is 1. The molecule has 0 aliphatic carbocycles. The molecular weight excluding hydrogens is 222 g/mol. The van der Waals surface area contributed by atoms with Crippen molar-refractivity contribution >= 4 is 6.47 Å². The van der Waals surface area contributed by atoms with Gasteiger partial charge < -0.3 is 19.9 Å². The predicted octanol–water partition coefficient (Wildman–Crippen LogP) is 1.27. The summed E-state index contributed by atoms with van der Waals surface area (Å²) in [5.41, 5.74) is 1.31. The molecule has 0 amide bonds. The Labute approximate surface area is 100 Å². The Morgan fingerprint density at radius 3 is 2.82 bits per heavy atom. The molecule has 0 spiro atoms. The molecule has 0 atom stereocenters. The van der Waals surface area contributed by atoms with Gasteiger partial charge in [0, 0.05) is 0 Å². The lowest BCUT2D eigenvalue weighted by molar-refractivity contribution is -0.122. The Morgan fingerprint density at radius 1 is 1.41 bits per heavy atom. The van der Waals surface area contributed by atoms with Crippen molar-refractivity contribution in [1.29, 1.82) is 0 Å². The quantitative estimate of drug-likeness (QED) is 0.611. The Hall–Kier alpha value is -1.75. The first kappa shape index (κ1) is 13.3. The molecular formula is C12H17NO4. The fraction of sp³-hybridized carbons (Fsp3) is 0.417. The summed E-state index contributed by atoms with van der Waals surface area (Å²) in [6.45, 7) is 1.16. The van der Waals surface area contributed by atoms with Crippen molar-refractivity contribution in [2.45, 2.75) is 12.8 Å². The van der Waals surface area contributed by atoms with E-state index in [1.165, 1.54) is 5.56 Å². The van der Waals surface area contributed by atoms with Crippen LogP contribution in [0.3, 0.4) is 0 Å². The fourth-order valence-electron chi connectivity index (χ4n) is 1.57. The van der Waals surface area contributed by atoms with Gasteiger partial charge in [-0.2, -0.15) is 0 Å². The van der Waals surface area contributed by atoms with Gasteiger partial charge in [0.25, 0.3) is 6.47 Å². The zero-order chi connectivity index (χ0) is 12.5. The maximum atomic E-state index is 8.36. The summed E-state index contributed by atoms with van der Waals surface area (Å²) in [6, 6.07) is 6.15. The number of carboxylic acid groups (broad SMARTS) is 1. The van der Waals surface area contributed by atoms with Crippen LogP contribution >= 0.6 is 0 Å². The van der Waals surface area contributed by atoms with Gasteiger partial charge >= 0.3 is 0 Å². The Balaban J connectivity index is 0.000000437. The summed E-state index contributed by atoms with van der Waals surface area (Å²) in [7, 11) is 1.97. The van der Waals surface area contributed by atoms with Crippen LogP contribution in [0.4, 0.5) is 0 Å². The van der Waals surface area contributed by atoms with Crippen molar-refractivity contribution < 1.29 is 19.4 Å². The van der Waals surface area contributed by atoms with Gasteiger partial charge in [0.2, 0.25) is 6.79 Å². The molecule has 1 aliphatic rings. The third kappa shape index (κ3) is 4.32. The maximum Gasteiger partial charge on any atom is 0.290 e. The SMILES string of the molecule is CNCCCc1ccc2c(c1)OCO2.O=CO. The van der Waals surface area contributed by atoms with E-state index in [0.717, 1.165) is 30.9 Å². The van der Waals surface area contributed by atoms with E-state index in [2.05, 4.69) is 17.4 Å². The lowest BCUT2D eigenvalue weighted by atomic mass is 10.1. The number of nitrogens with one attached hydrogen (secondary N) is 1. The first-order valence-electron chi connectivity index (χ1n) is 5.42. The van der Waals surface area contributed by atoms with Crippen LogP contribution in [0, 0.1) is 0 Å². The molecule has 1 aliphatic heterocycles. The number of hydrogen-bond acceptors (Lipinski definition) is 4. The van der Waals surface area contributed by atoms with Crippen LogP contribution in [-0.2, 0) is 11.2 Å². The van der Waals surface area contributed by atoms with Crippen molar-refractivity contribution in [1.82, 2.24) is 5.32 Å². The van der Waals surface area contributed by atoms with Gasteiger partial charge in [0.15, 0.2) is 11.5 Å². The van der Waals surface area contributed by atoms with Crippen molar-refractivity contribution in [3.8, 4) is 11.5 Å². The second kappa shape index (κ2) is 7.51. The summed E-state index contributed by atoms with van der Waals surface area (Å²) < 4.78 is 10.6.